The number of benzene rings is 2. The molecular weight excluding hydrogens is 248 g/mol. The van der Waals surface area contributed by atoms with E-state index in [0.29, 0.717) is 16.9 Å². The van der Waals surface area contributed by atoms with Crippen LogP contribution in [-0.2, 0) is 6.42 Å². The van der Waals surface area contributed by atoms with Crippen LogP contribution in [0.1, 0.15) is 29.2 Å². The average Bonchev–Trinajstić information content (AvgIpc) is 2.49. The fraction of sp³-hybridized carbons (Fsp3) is 0.176. The van der Waals surface area contributed by atoms with Crippen molar-refractivity contribution in [3.63, 3.8) is 0 Å². The Labute approximate surface area is 118 Å². The van der Waals surface area contributed by atoms with Crippen molar-refractivity contribution in [1.29, 1.82) is 10.5 Å². The lowest BCUT2D eigenvalue weighted by atomic mass is 10.1. The third-order valence-corrected chi connectivity index (χ3v) is 3.13. The van der Waals surface area contributed by atoms with Gasteiger partial charge in [-0.3, -0.25) is 0 Å². The lowest BCUT2D eigenvalue weighted by Gasteiger charge is -2.13. The summed E-state index contributed by atoms with van der Waals surface area (Å²) in [5.74, 6) is 1.40. The first-order chi connectivity index (χ1) is 9.69. The number of hydrogen-bond donors (Lipinski definition) is 0. The van der Waals surface area contributed by atoms with E-state index >= 15 is 0 Å². The molecule has 0 unspecified atom stereocenters. The maximum absolute atomic E-state index is 9.04. The number of hydrogen-bond acceptors (Lipinski definition) is 3. The lowest BCUT2D eigenvalue weighted by molar-refractivity contribution is 0.473. The minimum atomic E-state index is 0.330. The van der Waals surface area contributed by atoms with Gasteiger partial charge in [-0.15, -0.1) is 0 Å². The van der Waals surface area contributed by atoms with Crippen LogP contribution < -0.4 is 4.74 Å². The summed E-state index contributed by atoms with van der Waals surface area (Å²) in [6.07, 6.45) is 0.873. The van der Waals surface area contributed by atoms with Crippen LogP contribution in [0, 0.1) is 29.6 Å². The van der Waals surface area contributed by atoms with Crippen molar-refractivity contribution in [1.82, 2.24) is 0 Å². The van der Waals surface area contributed by atoms with Crippen molar-refractivity contribution < 1.29 is 4.74 Å². The van der Waals surface area contributed by atoms with Crippen molar-refractivity contribution in [3.05, 3.63) is 58.7 Å². The number of para-hydroxylation sites is 1. The van der Waals surface area contributed by atoms with E-state index in [9.17, 15) is 0 Å². The quantitative estimate of drug-likeness (QED) is 0.837. The molecular formula is C17H14N2O. The topological polar surface area (TPSA) is 56.8 Å². The zero-order valence-corrected chi connectivity index (χ0v) is 11.5. The van der Waals surface area contributed by atoms with E-state index in [1.165, 1.54) is 0 Å². The maximum atomic E-state index is 9.04. The van der Waals surface area contributed by atoms with Crippen molar-refractivity contribution in [3.8, 4) is 23.6 Å². The molecule has 0 fully saturated rings. The summed E-state index contributed by atoms with van der Waals surface area (Å²) >= 11 is 0. The van der Waals surface area contributed by atoms with Crippen molar-refractivity contribution in [2.45, 2.75) is 20.3 Å². The summed E-state index contributed by atoms with van der Waals surface area (Å²) < 4.78 is 5.91. The van der Waals surface area contributed by atoms with Crippen LogP contribution in [0.2, 0.25) is 0 Å². The summed E-state index contributed by atoms with van der Waals surface area (Å²) in [6, 6.07) is 14.9. The van der Waals surface area contributed by atoms with Crippen LogP contribution in [0.5, 0.6) is 11.5 Å². The summed E-state index contributed by atoms with van der Waals surface area (Å²) in [4.78, 5) is 0. The average molecular weight is 262 g/mol. The number of rotatable bonds is 3. The number of aryl methyl sites for hydroxylation is 2. The summed E-state index contributed by atoms with van der Waals surface area (Å²) in [7, 11) is 0. The SMILES string of the molecule is CCc1cccc(C)c1Oc1ccc(C#N)c(C#N)c1. The largest absolute Gasteiger partial charge is 0.457 e. The highest BCUT2D eigenvalue weighted by Gasteiger charge is 2.09. The van der Waals surface area contributed by atoms with E-state index < -0.39 is 0 Å². The van der Waals surface area contributed by atoms with E-state index in [2.05, 4.69) is 6.92 Å². The first kappa shape index (κ1) is 13.6. The normalized spacial score (nSPS) is 9.60. The fourth-order valence-corrected chi connectivity index (χ4v) is 2.03. The van der Waals surface area contributed by atoms with Gasteiger partial charge >= 0.3 is 0 Å². The first-order valence-electron chi connectivity index (χ1n) is 6.40. The second-order valence-corrected chi connectivity index (χ2v) is 4.45. The Morgan fingerprint density at radius 2 is 1.80 bits per heavy atom. The molecule has 0 radical (unpaired) electrons. The monoisotopic (exact) mass is 262 g/mol. The molecule has 2 rings (SSSR count). The predicted molar refractivity (Wildman–Crippen MR) is 76.5 cm³/mol. The molecule has 0 spiro atoms. The van der Waals surface area contributed by atoms with E-state index in [4.69, 9.17) is 15.3 Å². The Morgan fingerprint density at radius 3 is 2.45 bits per heavy atom. The van der Waals surface area contributed by atoms with Crippen LogP contribution in [0.25, 0.3) is 0 Å². The molecule has 2 aromatic carbocycles. The maximum Gasteiger partial charge on any atom is 0.133 e. The van der Waals surface area contributed by atoms with Gasteiger partial charge in [-0.1, -0.05) is 25.1 Å². The van der Waals surface area contributed by atoms with Gasteiger partial charge in [0.25, 0.3) is 0 Å². The number of nitrogens with zero attached hydrogens (tertiary/aromatic N) is 2. The zero-order chi connectivity index (χ0) is 14.5. The number of nitriles is 2. The summed E-state index contributed by atoms with van der Waals surface area (Å²) in [5.41, 5.74) is 2.86. The Bertz CT molecular complexity index is 721. The summed E-state index contributed by atoms with van der Waals surface area (Å²) in [5, 5.41) is 18.0. The van der Waals surface area contributed by atoms with Gasteiger partial charge < -0.3 is 4.74 Å². The highest BCUT2D eigenvalue weighted by atomic mass is 16.5. The van der Waals surface area contributed by atoms with Crippen LogP contribution >= 0.6 is 0 Å². The highest BCUT2D eigenvalue weighted by Crippen LogP contribution is 2.30. The predicted octanol–water partition coefficient (Wildman–Crippen LogP) is 4.09. The van der Waals surface area contributed by atoms with E-state index in [1.54, 1.807) is 18.2 Å². The smallest absolute Gasteiger partial charge is 0.133 e. The molecule has 3 nitrogen and oxygen atoms in total. The van der Waals surface area contributed by atoms with E-state index in [-0.39, 0.29) is 0 Å². The van der Waals surface area contributed by atoms with Crippen molar-refractivity contribution in [2.24, 2.45) is 0 Å². The minimum absolute atomic E-state index is 0.330. The molecule has 0 amide bonds. The van der Waals surface area contributed by atoms with Gasteiger partial charge in [0.05, 0.1) is 11.1 Å². The fourth-order valence-electron chi connectivity index (χ4n) is 2.03. The van der Waals surface area contributed by atoms with Crippen LogP contribution in [0.3, 0.4) is 0 Å². The third-order valence-electron chi connectivity index (χ3n) is 3.13. The molecule has 0 aliphatic heterocycles. The van der Waals surface area contributed by atoms with Gasteiger partial charge in [0, 0.05) is 0 Å². The molecule has 2 aromatic rings. The Balaban J connectivity index is 2.42. The molecule has 0 aliphatic carbocycles. The Morgan fingerprint density at radius 1 is 1.05 bits per heavy atom. The molecule has 20 heavy (non-hydrogen) atoms. The molecule has 0 saturated carbocycles. The molecule has 0 N–H and O–H groups in total. The molecule has 98 valence electrons. The molecule has 0 aliphatic rings. The molecule has 0 heterocycles. The summed E-state index contributed by atoms with van der Waals surface area (Å²) in [6.45, 7) is 4.06. The molecule has 3 heteroatoms. The molecule has 0 atom stereocenters. The van der Waals surface area contributed by atoms with Crippen LogP contribution in [0.4, 0.5) is 0 Å². The van der Waals surface area contributed by atoms with Gasteiger partial charge in [0.1, 0.15) is 23.6 Å². The van der Waals surface area contributed by atoms with Crippen molar-refractivity contribution >= 4 is 0 Å². The van der Waals surface area contributed by atoms with Gasteiger partial charge in [0.2, 0.25) is 0 Å². The minimum Gasteiger partial charge on any atom is -0.457 e. The first-order valence-corrected chi connectivity index (χ1v) is 6.40. The van der Waals surface area contributed by atoms with Crippen molar-refractivity contribution in [2.75, 3.05) is 0 Å². The van der Waals surface area contributed by atoms with Crippen LogP contribution in [0.15, 0.2) is 36.4 Å². The second kappa shape index (κ2) is 5.91. The van der Waals surface area contributed by atoms with Gasteiger partial charge in [-0.05, 0) is 42.7 Å². The standard InChI is InChI=1S/C17H14N2O/c1-3-13-6-4-5-12(2)17(13)20-16-8-7-14(10-18)15(9-16)11-19/h4-9H,3H2,1-2H3. The Hall–Kier alpha value is -2.78. The molecule has 0 bridgehead atoms. The van der Waals surface area contributed by atoms with Gasteiger partial charge in [0.15, 0.2) is 0 Å². The van der Waals surface area contributed by atoms with E-state index in [1.807, 2.05) is 37.3 Å². The Kier molecular flexibility index (Phi) is 4.03. The highest BCUT2D eigenvalue weighted by molar-refractivity contribution is 5.51. The van der Waals surface area contributed by atoms with Gasteiger partial charge in [-0.2, -0.15) is 10.5 Å². The van der Waals surface area contributed by atoms with E-state index in [0.717, 1.165) is 23.3 Å². The molecule has 0 saturated heterocycles. The number of ether oxygens (including phenoxy) is 1. The van der Waals surface area contributed by atoms with Crippen LogP contribution in [-0.4, -0.2) is 0 Å². The zero-order valence-electron chi connectivity index (χ0n) is 11.5. The lowest BCUT2D eigenvalue weighted by Crippen LogP contribution is -1.94. The molecule has 0 aromatic heterocycles. The second-order valence-electron chi connectivity index (χ2n) is 4.45. The third kappa shape index (κ3) is 2.63. The van der Waals surface area contributed by atoms with Gasteiger partial charge in [-0.25, -0.2) is 0 Å².